The molecule has 0 heterocycles. The summed E-state index contributed by atoms with van der Waals surface area (Å²) in [5.74, 6) is -0.478. The largest absolute Gasteiger partial charge is 0.495 e. The Balaban J connectivity index is 2.06. The van der Waals surface area contributed by atoms with Gasteiger partial charge < -0.3 is 15.0 Å². The van der Waals surface area contributed by atoms with Gasteiger partial charge >= 0.3 is 0 Å². The second kappa shape index (κ2) is 14.7. The molecule has 0 bridgehead atoms. The molecule has 0 aromatic heterocycles. The van der Waals surface area contributed by atoms with Crippen LogP contribution in [0.25, 0.3) is 0 Å². The highest BCUT2D eigenvalue weighted by molar-refractivity contribution is 9.10. The van der Waals surface area contributed by atoms with Gasteiger partial charge in [-0.2, -0.15) is 0 Å². The van der Waals surface area contributed by atoms with Crippen LogP contribution in [0.2, 0.25) is 5.02 Å². The lowest BCUT2D eigenvalue weighted by Gasteiger charge is -2.34. The number of amides is 2. The summed E-state index contributed by atoms with van der Waals surface area (Å²) in [7, 11) is -2.46. The van der Waals surface area contributed by atoms with Gasteiger partial charge in [0.2, 0.25) is 21.8 Å². The molecule has 8 nitrogen and oxygen atoms in total. The van der Waals surface area contributed by atoms with E-state index in [0.29, 0.717) is 12.2 Å². The van der Waals surface area contributed by atoms with E-state index in [4.69, 9.17) is 16.3 Å². The average Bonchev–Trinajstić information content (AvgIpc) is 2.94. The van der Waals surface area contributed by atoms with Gasteiger partial charge in [0.05, 0.1) is 24.1 Å². The monoisotopic (exact) mass is 663 g/mol. The van der Waals surface area contributed by atoms with Crippen LogP contribution in [0.5, 0.6) is 5.75 Å². The van der Waals surface area contributed by atoms with Crippen LogP contribution in [0.15, 0.2) is 77.3 Å². The van der Waals surface area contributed by atoms with E-state index in [-0.39, 0.29) is 35.6 Å². The van der Waals surface area contributed by atoms with Crippen LogP contribution in [-0.2, 0) is 32.6 Å². The summed E-state index contributed by atoms with van der Waals surface area (Å²) in [6.07, 6.45) is 1.98. The van der Waals surface area contributed by atoms with Crippen molar-refractivity contribution in [3.8, 4) is 5.75 Å². The Morgan fingerprint density at radius 3 is 2.24 bits per heavy atom. The molecular formula is C30H35BrClN3O5S. The lowest BCUT2D eigenvalue weighted by Crippen LogP contribution is -2.54. The minimum Gasteiger partial charge on any atom is -0.495 e. The van der Waals surface area contributed by atoms with Crippen molar-refractivity contribution >= 4 is 55.1 Å². The molecule has 3 aromatic carbocycles. The van der Waals surface area contributed by atoms with Gasteiger partial charge in [0, 0.05) is 23.5 Å². The molecule has 1 N–H and O–H groups in total. The van der Waals surface area contributed by atoms with Crippen molar-refractivity contribution in [3.63, 3.8) is 0 Å². The summed E-state index contributed by atoms with van der Waals surface area (Å²) in [6, 6.07) is 20.3. The maximum absolute atomic E-state index is 14.1. The van der Waals surface area contributed by atoms with E-state index in [2.05, 4.69) is 21.2 Å². The number of carbonyl (C=O) groups excluding carboxylic acids is 2. The van der Waals surface area contributed by atoms with E-state index in [1.807, 2.05) is 68.4 Å². The number of ether oxygens (including phenoxy) is 1. The highest BCUT2D eigenvalue weighted by atomic mass is 79.9. The Hall–Kier alpha value is -3.08. The molecular weight excluding hydrogens is 630 g/mol. The van der Waals surface area contributed by atoms with Crippen LogP contribution in [0, 0.1) is 0 Å². The van der Waals surface area contributed by atoms with Crippen molar-refractivity contribution in [2.24, 2.45) is 0 Å². The highest BCUT2D eigenvalue weighted by Crippen LogP contribution is 2.30. The van der Waals surface area contributed by atoms with E-state index in [9.17, 15) is 18.0 Å². The molecule has 0 aliphatic carbocycles. The van der Waals surface area contributed by atoms with Crippen LogP contribution in [0.3, 0.4) is 0 Å². The molecule has 3 rings (SSSR count). The number of halogens is 2. The normalized spacial score (nSPS) is 12.7. The lowest BCUT2D eigenvalue weighted by molar-refractivity contribution is -0.140. The quantitative estimate of drug-likeness (QED) is 0.263. The summed E-state index contributed by atoms with van der Waals surface area (Å²) < 4.78 is 32.9. The number of hydrogen-bond donors (Lipinski definition) is 1. The molecule has 0 aliphatic rings. The fourth-order valence-corrected chi connectivity index (χ4v) is 5.56. The van der Waals surface area contributed by atoms with Crippen molar-refractivity contribution < 1.29 is 22.7 Å². The molecule has 0 fully saturated rings. The molecule has 2 amide bonds. The molecule has 2 atom stereocenters. The Morgan fingerprint density at radius 2 is 1.68 bits per heavy atom. The highest BCUT2D eigenvalue weighted by Gasteiger charge is 2.33. The molecule has 3 aromatic rings. The zero-order valence-electron chi connectivity index (χ0n) is 23.5. The summed E-state index contributed by atoms with van der Waals surface area (Å²) >= 11 is 9.72. The topological polar surface area (TPSA) is 96.0 Å². The second-order valence-corrected chi connectivity index (χ2v) is 13.0. The van der Waals surface area contributed by atoms with Crippen molar-refractivity contribution in [3.05, 3.63) is 93.4 Å². The van der Waals surface area contributed by atoms with Crippen molar-refractivity contribution in [2.75, 3.05) is 24.2 Å². The number of benzene rings is 3. The third kappa shape index (κ3) is 9.21. The molecule has 0 aliphatic heterocycles. The molecule has 0 spiro atoms. The van der Waals surface area contributed by atoms with Gasteiger partial charge in [-0.05, 0) is 54.8 Å². The average molecular weight is 665 g/mol. The third-order valence-corrected chi connectivity index (χ3v) is 8.61. The van der Waals surface area contributed by atoms with Gasteiger partial charge in [0.25, 0.3) is 0 Å². The van der Waals surface area contributed by atoms with E-state index in [1.54, 1.807) is 0 Å². The van der Waals surface area contributed by atoms with Crippen LogP contribution >= 0.6 is 27.5 Å². The standard InChI is InChI=1S/C30H35BrClN3O5S/c1-5-21(2)33-30(37)27(17-22-9-7-6-8-10-22)34(19-23-11-13-24(31)14-12-23)29(36)20-35(41(4,38)39)25-15-16-28(40-3)26(32)18-25/h6-16,18,21,27H,5,17,19-20H2,1-4H3,(H,33,37)/t21-,27+/m1/s1. The van der Waals surface area contributed by atoms with Crippen LogP contribution < -0.4 is 14.4 Å². The van der Waals surface area contributed by atoms with Gasteiger partial charge in [-0.15, -0.1) is 0 Å². The van der Waals surface area contributed by atoms with Gasteiger partial charge in [-0.25, -0.2) is 8.42 Å². The lowest BCUT2D eigenvalue weighted by atomic mass is 10.0. The maximum atomic E-state index is 14.1. The number of hydrogen-bond acceptors (Lipinski definition) is 5. The molecule has 0 radical (unpaired) electrons. The van der Waals surface area contributed by atoms with E-state index in [1.165, 1.54) is 30.2 Å². The van der Waals surface area contributed by atoms with Gasteiger partial charge in [0.15, 0.2) is 0 Å². The van der Waals surface area contributed by atoms with E-state index in [0.717, 1.165) is 26.2 Å². The number of carbonyl (C=O) groups is 2. The first kappa shape index (κ1) is 32.4. The minimum atomic E-state index is -3.91. The summed E-state index contributed by atoms with van der Waals surface area (Å²) in [6.45, 7) is 3.43. The predicted molar refractivity (Wildman–Crippen MR) is 167 cm³/mol. The summed E-state index contributed by atoms with van der Waals surface area (Å²) in [5.41, 5.74) is 1.86. The molecule has 0 saturated heterocycles. The van der Waals surface area contributed by atoms with Crippen LogP contribution in [0.1, 0.15) is 31.4 Å². The molecule has 41 heavy (non-hydrogen) atoms. The van der Waals surface area contributed by atoms with Gasteiger partial charge in [-0.1, -0.05) is 76.9 Å². The van der Waals surface area contributed by atoms with Crippen molar-refractivity contribution in [1.82, 2.24) is 10.2 Å². The SMILES string of the molecule is CC[C@@H](C)NC(=O)[C@H](Cc1ccccc1)N(Cc1ccc(Br)cc1)C(=O)CN(c1ccc(OC)c(Cl)c1)S(C)(=O)=O. The van der Waals surface area contributed by atoms with Crippen LogP contribution in [-0.4, -0.2) is 57.1 Å². The first-order valence-corrected chi connectivity index (χ1v) is 16.1. The summed E-state index contributed by atoms with van der Waals surface area (Å²) in [4.78, 5) is 29.3. The smallest absolute Gasteiger partial charge is 0.244 e. The van der Waals surface area contributed by atoms with E-state index < -0.39 is 28.5 Å². The fraction of sp³-hybridized carbons (Fsp3) is 0.333. The molecule has 0 unspecified atom stereocenters. The van der Waals surface area contributed by atoms with E-state index >= 15 is 0 Å². The Morgan fingerprint density at radius 1 is 1.02 bits per heavy atom. The first-order valence-electron chi connectivity index (χ1n) is 13.1. The molecule has 220 valence electrons. The number of sulfonamides is 1. The Kier molecular flexibility index (Phi) is 11.6. The fourth-order valence-electron chi connectivity index (χ4n) is 4.21. The Labute approximate surface area is 255 Å². The van der Waals surface area contributed by atoms with Crippen molar-refractivity contribution in [1.29, 1.82) is 0 Å². The maximum Gasteiger partial charge on any atom is 0.244 e. The van der Waals surface area contributed by atoms with Gasteiger partial charge in [-0.3, -0.25) is 13.9 Å². The third-order valence-electron chi connectivity index (χ3n) is 6.64. The number of rotatable bonds is 13. The second-order valence-electron chi connectivity index (χ2n) is 9.76. The first-order chi connectivity index (χ1) is 19.4. The predicted octanol–water partition coefficient (Wildman–Crippen LogP) is 5.43. The van der Waals surface area contributed by atoms with Gasteiger partial charge in [0.1, 0.15) is 18.3 Å². The zero-order chi connectivity index (χ0) is 30.2. The number of nitrogens with zero attached hydrogens (tertiary/aromatic N) is 2. The molecule has 11 heteroatoms. The van der Waals surface area contributed by atoms with Crippen LogP contribution in [0.4, 0.5) is 5.69 Å². The minimum absolute atomic E-state index is 0.0957. The molecule has 0 saturated carbocycles. The Bertz CT molecular complexity index is 1440. The number of methoxy groups -OCH3 is 1. The number of nitrogens with one attached hydrogen (secondary N) is 1. The van der Waals surface area contributed by atoms with Crippen molar-refractivity contribution in [2.45, 2.75) is 45.3 Å². The number of anilines is 1. The zero-order valence-corrected chi connectivity index (χ0v) is 26.7. The summed E-state index contributed by atoms with van der Waals surface area (Å²) in [5, 5.41) is 3.21.